The van der Waals surface area contributed by atoms with Crippen molar-refractivity contribution in [1.29, 1.82) is 0 Å². The zero-order valence-corrected chi connectivity index (χ0v) is 19.8. The Morgan fingerprint density at radius 2 is 1.68 bits per heavy atom. The first-order valence-electron chi connectivity index (χ1n) is 12.3. The number of piperazine rings is 1. The zero-order valence-electron chi connectivity index (χ0n) is 19.8. The van der Waals surface area contributed by atoms with E-state index in [0.717, 1.165) is 50.6 Å². The van der Waals surface area contributed by atoms with E-state index in [4.69, 9.17) is 0 Å². The van der Waals surface area contributed by atoms with Crippen molar-refractivity contribution < 1.29 is 14.4 Å². The third kappa shape index (κ3) is 4.52. The number of carbonyl (C=O) groups is 3. The summed E-state index contributed by atoms with van der Waals surface area (Å²) in [7, 11) is 0. The summed E-state index contributed by atoms with van der Waals surface area (Å²) >= 11 is 0. The third-order valence-electron chi connectivity index (χ3n) is 7.63. The Kier molecular flexibility index (Phi) is 6.27. The van der Waals surface area contributed by atoms with Gasteiger partial charge in [0.2, 0.25) is 0 Å². The Labute approximate surface area is 200 Å². The van der Waals surface area contributed by atoms with E-state index in [1.807, 2.05) is 0 Å². The molecule has 3 aliphatic rings. The van der Waals surface area contributed by atoms with Gasteiger partial charge < -0.3 is 5.32 Å². The highest BCUT2D eigenvalue weighted by molar-refractivity contribution is 6.08. The van der Waals surface area contributed by atoms with Crippen LogP contribution in [0.2, 0.25) is 0 Å². The highest BCUT2D eigenvalue weighted by atomic mass is 16.2. The lowest BCUT2D eigenvalue weighted by Gasteiger charge is -2.35. The van der Waals surface area contributed by atoms with Gasteiger partial charge >= 0.3 is 6.03 Å². The van der Waals surface area contributed by atoms with E-state index in [0.29, 0.717) is 18.8 Å². The lowest BCUT2D eigenvalue weighted by atomic mass is 9.77. The van der Waals surface area contributed by atoms with Crippen molar-refractivity contribution in [2.45, 2.75) is 44.7 Å². The molecule has 3 fully saturated rings. The van der Waals surface area contributed by atoms with E-state index in [9.17, 15) is 14.4 Å². The fourth-order valence-corrected chi connectivity index (χ4v) is 5.46. The number of imide groups is 1. The summed E-state index contributed by atoms with van der Waals surface area (Å²) in [5, 5.41) is 6.27. The predicted octanol–water partition coefficient (Wildman–Crippen LogP) is 2.49. The molecule has 2 aromatic carbocycles. The van der Waals surface area contributed by atoms with Crippen molar-refractivity contribution in [2.24, 2.45) is 5.92 Å². The maximum absolute atomic E-state index is 12.9. The molecule has 1 aliphatic carbocycles. The number of fused-ring (bicyclic) bond motifs is 1. The second-order valence-corrected chi connectivity index (χ2v) is 10.1. The smallest absolute Gasteiger partial charge is 0.322 e. The minimum atomic E-state index is -0.843. The first-order valence-corrected chi connectivity index (χ1v) is 12.3. The van der Waals surface area contributed by atoms with Crippen molar-refractivity contribution in [2.75, 3.05) is 32.7 Å². The molecule has 2 saturated heterocycles. The van der Waals surface area contributed by atoms with Crippen molar-refractivity contribution >= 4 is 28.6 Å². The largest absolute Gasteiger partial charge is 0.344 e. The molecule has 2 aromatic rings. The monoisotopic (exact) mass is 463 g/mol. The lowest BCUT2D eigenvalue weighted by Crippen LogP contribution is -2.54. The molecule has 1 spiro atoms. The van der Waals surface area contributed by atoms with Gasteiger partial charge in [0.05, 0.1) is 6.54 Å². The summed E-state index contributed by atoms with van der Waals surface area (Å²) in [6, 6.07) is 14.3. The Bertz CT molecular complexity index is 1080. The first kappa shape index (κ1) is 22.8. The predicted molar refractivity (Wildman–Crippen MR) is 130 cm³/mol. The fourth-order valence-electron chi connectivity index (χ4n) is 5.46. The molecule has 2 heterocycles. The van der Waals surface area contributed by atoms with Crippen LogP contribution in [0.5, 0.6) is 0 Å². The first-order chi connectivity index (χ1) is 16.4. The quantitative estimate of drug-likeness (QED) is 0.666. The highest BCUT2D eigenvalue weighted by Crippen LogP contribution is 2.35. The van der Waals surface area contributed by atoms with Crippen molar-refractivity contribution in [3.63, 3.8) is 0 Å². The number of carbonyl (C=O) groups excluding carboxylic acids is 3. The van der Waals surface area contributed by atoms with E-state index >= 15 is 0 Å². The molecule has 34 heavy (non-hydrogen) atoms. The van der Waals surface area contributed by atoms with Crippen molar-refractivity contribution in [3.8, 4) is 0 Å². The summed E-state index contributed by atoms with van der Waals surface area (Å²) in [5.41, 5.74) is 3.03. The molecule has 0 aromatic heterocycles. The number of benzene rings is 2. The van der Waals surface area contributed by atoms with Gasteiger partial charge in [-0.25, -0.2) is 4.79 Å². The molecule has 4 amide bonds. The van der Waals surface area contributed by atoms with Crippen molar-refractivity contribution in [1.82, 2.24) is 25.6 Å². The molecule has 8 heteroatoms. The van der Waals surface area contributed by atoms with Crippen LogP contribution in [0.25, 0.3) is 10.8 Å². The summed E-state index contributed by atoms with van der Waals surface area (Å²) in [6.07, 6.45) is 3.06. The molecule has 180 valence electrons. The summed E-state index contributed by atoms with van der Waals surface area (Å²) in [6.45, 7) is 6.46. The average molecular weight is 464 g/mol. The number of hydrogen-bond donors (Lipinski definition) is 2. The van der Waals surface area contributed by atoms with Gasteiger partial charge in [-0.1, -0.05) is 49.4 Å². The number of hydrogen-bond acceptors (Lipinski definition) is 5. The van der Waals surface area contributed by atoms with Crippen LogP contribution in [0.4, 0.5) is 4.79 Å². The van der Waals surface area contributed by atoms with Crippen LogP contribution in [0.3, 0.4) is 0 Å². The summed E-state index contributed by atoms with van der Waals surface area (Å²) < 4.78 is 0. The van der Waals surface area contributed by atoms with Gasteiger partial charge in [-0.05, 0) is 47.9 Å². The van der Waals surface area contributed by atoms with Crippen LogP contribution in [0.15, 0.2) is 42.5 Å². The number of hydrazine groups is 1. The molecule has 5 rings (SSSR count). The van der Waals surface area contributed by atoms with Gasteiger partial charge in [0, 0.05) is 32.7 Å². The van der Waals surface area contributed by atoms with Gasteiger partial charge in [0.15, 0.2) is 0 Å². The Hall–Kier alpha value is -2.97. The highest BCUT2D eigenvalue weighted by Gasteiger charge is 2.52. The topological polar surface area (TPSA) is 85.0 Å². The third-order valence-corrected chi connectivity index (χ3v) is 7.63. The summed E-state index contributed by atoms with van der Waals surface area (Å²) in [4.78, 5) is 42.5. The number of rotatable bonds is 5. The molecular formula is C26H33N5O3. The molecule has 0 atom stereocenters. The second-order valence-electron chi connectivity index (χ2n) is 10.1. The maximum Gasteiger partial charge on any atom is 0.344 e. The van der Waals surface area contributed by atoms with Crippen LogP contribution in [0.1, 0.15) is 38.2 Å². The van der Waals surface area contributed by atoms with Gasteiger partial charge in [0.25, 0.3) is 11.8 Å². The minimum Gasteiger partial charge on any atom is -0.322 e. The van der Waals surface area contributed by atoms with Gasteiger partial charge in [-0.2, -0.15) is 5.01 Å². The molecule has 0 unspecified atom stereocenters. The molecule has 1 saturated carbocycles. The Morgan fingerprint density at radius 3 is 2.44 bits per heavy atom. The van der Waals surface area contributed by atoms with Gasteiger partial charge in [-0.3, -0.25) is 24.8 Å². The van der Waals surface area contributed by atoms with E-state index in [-0.39, 0.29) is 18.4 Å². The number of nitrogens with zero attached hydrogens (tertiary/aromatic N) is 3. The van der Waals surface area contributed by atoms with Crippen LogP contribution in [-0.2, 0) is 16.1 Å². The van der Waals surface area contributed by atoms with Crippen LogP contribution in [0, 0.1) is 5.92 Å². The van der Waals surface area contributed by atoms with Crippen LogP contribution in [-0.4, -0.2) is 70.9 Å². The molecule has 0 radical (unpaired) electrons. The lowest BCUT2D eigenvalue weighted by molar-refractivity contribution is -0.140. The zero-order chi connectivity index (χ0) is 23.7. The molecular weight excluding hydrogens is 430 g/mol. The number of amides is 4. The van der Waals surface area contributed by atoms with Crippen molar-refractivity contribution in [3.05, 3.63) is 48.0 Å². The fraction of sp³-hybridized carbons (Fsp3) is 0.500. The Balaban J connectivity index is 1.12. The van der Waals surface area contributed by atoms with E-state index < -0.39 is 11.6 Å². The standard InChI is InChI=1S/C26H33N5O3/c1-19-9-11-26(12-10-19)24(33)31(25(34)27-26)28-23(32)18-30-15-13-29(14-16-30)17-21-7-4-6-20-5-2-3-8-22(20)21/h2-8,19H,9-18H2,1H3,(H,27,34)(H,28,32). The molecule has 0 bridgehead atoms. The van der Waals surface area contributed by atoms with Crippen LogP contribution >= 0.6 is 0 Å². The normalized spacial score (nSPS) is 26.3. The van der Waals surface area contributed by atoms with Gasteiger partial charge in [0.1, 0.15) is 5.54 Å². The van der Waals surface area contributed by atoms with Gasteiger partial charge in [-0.15, -0.1) is 0 Å². The summed E-state index contributed by atoms with van der Waals surface area (Å²) in [5.74, 6) is -0.0943. The Morgan fingerprint density at radius 1 is 1.00 bits per heavy atom. The minimum absolute atomic E-state index is 0.170. The average Bonchev–Trinajstić information content (AvgIpc) is 3.06. The molecule has 2 aliphatic heterocycles. The molecule has 2 N–H and O–H groups in total. The van der Waals surface area contributed by atoms with E-state index in [1.165, 1.54) is 16.3 Å². The SMILES string of the molecule is CC1CCC2(CC1)NC(=O)N(NC(=O)CN1CCN(Cc3cccc4ccccc34)CC1)C2=O. The maximum atomic E-state index is 12.9. The molecule has 8 nitrogen and oxygen atoms in total. The van der Waals surface area contributed by atoms with E-state index in [1.54, 1.807) is 0 Å². The van der Waals surface area contributed by atoms with E-state index in [2.05, 4.69) is 69.9 Å². The number of nitrogens with one attached hydrogen (secondary N) is 2. The second kappa shape index (κ2) is 9.35. The van der Waals surface area contributed by atoms with Crippen LogP contribution < -0.4 is 10.7 Å². The number of urea groups is 1.